The highest BCUT2D eigenvalue weighted by Crippen LogP contribution is 2.23. The molecule has 1 heterocycles. The number of fused-ring (bicyclic) bond motifs is 1. The lowest BCUT2D eigenvalue weighted by molar-refractivity contribution is 0.415. The quantitative estimate of drug-likeness (QED) is 0.830. The zero-order valence-corrected chi connectivity index (χ0v) is 10.2. The summed E-state index contributed by atoms with van der Waals surface area (Å²) in [6.07, 6.45) is 0. The van der Waals surface area contributed by atoms with Gasteiger partial charge >= 0.3 is 0 Å². The number of hydrogen-bond acceptors (Lipinski definition) is 3. The Kier molecular flexibility index (Phi) is 2.90. The van der Waals surface area contributed by atoms with Crippen LogP contribution in [0.15, 0.2) is 23.0 Å². The van der Waals surface area contributed by atoms with Gasteiger partial charge in [0.2, 0.25) is 0 Å². The summed E-state index contributed by atoms with van der Waals surface area (Å²) in [4.78, 5) is 14.7. The van der Waals surface area contributed by atoms with Gasteiger partial charge in [0.1, 0.15) is 5.75 Å². The second-order valence-corrected chi connectivity index (χ2v) is 4.25. The van der Waals surface area contributed by atoms with Crippen LogP contribution < -0.4 is 16.0 Å². The molecule has 2 aromatic rings. The van der Waals surface area contributed by atoms with Gasteiger partial charge in [0.15, 0.2) is 0 Å². The summed E-state index contributed by atoms with van der Waals surface area (Å²) in [5, 5.41) is 0.939. The molecule has 1 aromatic heterocycles. The summed E-state index contributed by atoms with van der Waals surface area (Å²) < 4.78 is 5.21. The molecule has 2 rings (SSSR count). The molecule has 1 aromatic carbocycles. The molecule has 0 fully saturated rings. The normalized spacial score (nSPS) is 12.7. The maximum atomic E-state index is 11.8. The van der Waals surface area contributed by atoms with Crippen molar-refractivity contribution in [2.45, 2.75) is 19.9 Å². The monoisotopic (exact) mass is 232 g/mol. The fourth-order valence-electron chi connectivity index (χ4n) is 1.94. The number of aryl methyl sites for hydroxylation is 1. The summed E-state index contributed by atoms with van der Waals surface area (Å²) in [6, 6.07) is 5.33. The van der Waals surface area contributed by atoms with E-state index in [1.165, 1.54) is 0 Å². The molecule has 0 radical (unpaired) electrons. The second kappa shape index (κ2) is 4.22. The Labute approximate surface area is 99.4 Å². The predicted octanol–water partition coefficient (Wildman–Crippen LogP) is 1.86. The Morgan fingerprint density at radius 3 is 2.65 bits per heavy atom. The summed E-state index contributed by atoms with van der Waals surface area (Å²) in [5.41, 5.74) is 8.04. The van der Waals surface area contributed by atoms with Crippen LogP contribution in [-0.2, 0) is 0 Å². The van der Waals surface area contributed by atoms with Crippen molar-refractivity contribution in [1.82, 2.24) is 4.98 Å². The Morgan fingerprint density at radius 2 is 2.06 bits per heavy atom. The van der Waals surface area contributed by atoms with Crippen molar-refractivity contribution in [1.29, 1.82) is 0 Å². The summed E-state index contributed by atoms with van der Waals surface area (Å²) in [7, 11) is 1.62. The van der Waals surface area contributed by atoms with E-state index in [0.717, 1.165) is 22.2 Å². The largest absolute Gasteiger partial charge is 0.497 e. The Morgan fingerprint density at radius 1 is 1.35 bits per heavy atom. The van der Waals surface area contributed by atoms with Crippen LogP contribution in [0.2, 0.25) is 0 Å². The first-order valence-corrected chi connectivity index (χ1v) is 5.50. The number of aromatic nitrogens is 1. The number of methoxy groups -OCH3 is 1. The highest BCUT2D eigenvalue weighted by atomic mass is 16.5. The van der Waals surface area contributed by atoms with Gasteiger partial charge in [-0.2, -0.15) is 0 Å². The molecule has 1 atom stereocenters. The fraction of sp³-hybridized carbons (Fsp3) is 0.308. The van der Waals surface area contributed by atoms with Gasteiger partial charge < -0.3 is 15.5 Å². The van der Waals surface area contributed by atoms with Crippen LogP contribution in [-0.4, -0.2) is 12.1 Å². The number of nitrogens with one attached hydrogen (secondary N) is 1. The Bertz CT molecular complexity index is 615. The lowest BCUT2D eigenvalue weighted by Crippen LogP contribution is -2.19. The number of nitrogens with two attached hydrogens (primary N) is 1. The first-order valence-electron chi connectivity index (χ1n) is 5.50. The first kappa shape index (κ1) is 11.7. The molecule has 4 nitrogen and oxygen atoms in total. The van der Waals surface area contributed by atoms with Crippen molar-refractivity contribution in [3.63, 3.8) is 0 Å². The van der Waals surface area contributed by atoms with E-state index in [0.29, 0.717) is 5.56 Å². The number of H-pyrrole nitrogens is 1. The van der Waals surface area contributed by atoms with Crippen LogP contribution in [0.5, 0.6) is 5.75 Å². The smallest absolute Gasteiger partial charge is 0.253 e. The van der Waals surface area contributed by atoms with E-state index in [4.69, 9.17) is 10.5 Å². The maximum Gasteiger partial charge on any atom is 0.253 e. The second-order valence-electron chi connectivity index (χ2n) is 4.25. The van der Waals surface area contributed by atoms with Crippen LogP contribution in [0, 0.1) is 6.92 Å². The number of ether oxygens (including phenoxy) is 1. The highest BCUT2D eigenvalue weighted by Gasteiger charge is 2.09. The average Bonchev–Trinajstić information content (AvgIpc) is 2.28. The standard InChI is InChI=1S/C13H16N2O2/c1-7-4-10(17-3)5-9-6-11(8(2)14)13(16)15-12(7)9/h4-6,8H,14H2,1-3H3,(H,15,16). The SMILES string of the molecule is COc1cc(C)c2[nH]c(=O)c(C(C)N)cc2c1. The minimum absolute atomic E-state index is 0.124. The van der Waals surface area contributed by atoms with Gasteiger partial charge in [-0.1, -0.05) is 0 Å². The Hall–Kier alpha value is -1.81. The molecule has 17 heavy (non-hydrogen) atoms. The van der Waals surface area contributed by atoms with E-state index < -0.39 is 0 Å². The maximum absolute atomic E-state index is 11.8. The van der Waals surface area contributed by atoms with E-state index in [-0.39, 0.29) is 11.6 Å². The summed E-state index contributed by atoms with van der Waals surface area (Å²) in [5.74, 6) is 0.776. The Balaban J connectivity index is 2.79. The highest BCUT2D eigenvalue weighted by molar-refractivity contribution is 5.83. The van der Waals surface area contributed by atoms with Gasteiger partial charge in [-0.3, -0.25) is 4.79 Å². The third kappa shape index (κ3) is 2.03. The van der Waals surface area contributed by atoms with E-state index in [9.17, 15) is 4.79 Å². The van der Waals surface area contributed by atoms with Gasteiger partial charge in [0.05, 0.1) is 12.6 Å². The zero-order chi connectivity index (χ0) is 12.6. The van der Waals surface area contributed by atoms with Gasteiger partial charge in [-0.05, 0) is 37.6 Å². The minimum Gasteiger partial charge on any atom is -0.497 e. The number of pyridine rings is 1. The van der Waals surface area contributed by atoms with Crippen LogP contribution in [0.25, 0.3) is 10.9 Å². The average molecular weight is 232 g/mol. The molecule has 0 amide bonds. The van der Waals surface area contributed by atoms with Crippen LogP contribution in [0.3, 0.4) is 0 Å². The molecule has 90 valence electrons. The molecule has 3 N–H and O–H groups in total. The predicted molar refractivity (Wildman–Crippen MR) is 68.5 cm³/mol. The van der Waals surface area contributed by atoms with Gasteiger partial charge in [0, 0.05) is 17.0 Å². The van der Waals surface area contributed by atoms with Crippen molar-refractivity contribution in [2.75, 3.05) is 7.11 Å². The zero-order valence-electron chi connectivity index (χ0n) is 10.2. The van der Waals surface area contributed by atoms with E-state index in [1.54, 1.807) is 14.0 Å². The fourth-order valence-corrected chi connectivity index (χ4v) is 1.94. The molecular formula is C13H16N2O2. The lowest BCUT2D eigenvalue weighted by atomic mass is 10.1. The molecular weight excluding hydrogens is 216 g/mol. The molecule has 0 aliphatic rings. The molecule has 0 spiro atoms. The van der Waals surface area contributed by atoms with E-state index >= 15 is 0 Å². The molecule has 0 bridgehead atoms. The van der Waals surface area contributed by atoms with Crippen LogP contribution >= 0.6 is 0 Å². The summed E-state index contributed by atoms with van der Waals surface area (Å²) >= 11 is 0. The third-order valence-electron chi connectivity index (χ3n) is 2.88. The summed E-state index contributed by atoms with van der Waals surface area (Å²) in [6.45, 7) is 3.73. The topological polar surface area (TPSA) is 68.1 Å². The van der Waals surface area contributed by atoms with Crippen molar-refractivity contribution in [3.8, 4) is 5.75 Å². The van der Waals surface area contributed by atoms with Gasteiger partial charge in [0.25, 0.3) is 5.56 Å². The number of aromatic amines is 1. The van der Waals surface area contributed by atoms with E-state index in [1.807, 2.05) is 25.1 Å². The molecule has 1 unspecified atom stereocenters. The third-order valence-corrected chi connectivity index (χ3v) is 2.88. The van der Waals surface area contributed by atoms with Crippen LogP contribution in [0.4, 0.5) is 0 Å². The first-order chi connectivity index (χ1) is 8.02. The lowest BCUT2D eigenvalue weighted by Gasteiger charge is -2.09. The molecule has 0 aliphatic heterocycles. The van der Waals surface area contributed by atoms with Crippen molar-refractivity contribution in [2.24, 2.45) is 5.73 Å². The van der Waals surface area contributed by atoms with Crippen molar-refractivity contribution >= 4 is 10.9 Å². The molecule has 0 saturated heterocycles. The molecule has 0 saturated carbocycles. The molecule has 0 aliphatic carbocycles. The van der Waals surface area contributed by atoms with Crippen molar-refractivity contribution < 1.29 is 4.74 Å². The number of hydrogen-bond donors (Lipinski definition) is 2. The van der Waals surface area contributed by atoms with E-state index in [2.05, 4.69) is 4.98 Å². The number of rotatable bonds is 2. The molecule has 4 heteroatoms. The minimum atomic E-state index is -0.283. The van der Waals surface area contributed by atoms with Gasteiger partial charge in [-0.25, -0.2) is 0 Å². The van der Waals surface area contributed by atoms with Gasteiger partial charge in [-0.15, -0.1) is 0 Å². The van der Waals surface area contributed by atoms with Crippen molar-refractivity contribution in [3.05, 3.63) is 39.7 Å². The van der Waals surface area contributed by atoms with Crippen LogP contribution in [0.1, 0.15) is 24.1 Å². The number of benzene rings is 1.